The molecule has 43 heavy (non-hydrogen) atoms. The minimum absolute atomic E-state index is 0.305. The Hall–Kier alpha value is -1.59. The van der Waals surface area contributed by atoms with Crippen LogP contribution in [0.25, 0.3) is 10.8 Å². The highest BCUT2D eigenvalue weighted by molar-refractivity contribution is 6.90. The van der Waals surface area contributed by atoms with Gasteiger partial charge in [-0.2, -0.15) is 0 Å². The van der Waals surface area contributed by atoms with Gasteiger partial charge in [0.2, 0.25) is 0 Å². The summed E-state index contributed by atoms with van der Waals surface area (Å²) < 4.78 is 36.4. The first-order chi connectivity index (χ1) is 19.7. The second-order valence-corrected chi connectivity index (χ2v) is 26.6. The van der Waals surface area contributed by atoms with E-state index in [1.807, 2.05) is 6.07 Å². The van der Waals surface area contributed by atoms with Crippen LogP contribution in [0.1, 0.15) is 116 Å². The van der Waals surface area contributed by atoms with E-state index in [1.54, 1.807) is 6.07 Å². The topological polar surface area (TPSA) is 27.7 Å². The van der Waals surface area contributed by atoms with Crippen molar-refractivity contribution in [3.05, 3.63) is 35.6 Å². The molecule has 0 bridgehead atoms. The molecule has 238 valence electrons. The van der Waals surface area contributed by atoms with Gasteiger partial charge in [0.1, 0.15) is 19.6 Å². The Bertz CT molecular complexity index is 1310. The number of rotatable bonds is 9. The van der Waals surface area contributed by atoms with Gasteiger partial charge in [-0.1, -0.05) is 95.1 Å². The summed E-state index contributed by atoms with van der Waals surface area (Å²) in [7, 11) is -5.03. The quantitative estimate of drug-likeness (QED) is 0.205. The molecule has 1 heterocycles. The predicted molar refractivity (Wildman–Crippen MR) is 189 cm³/mol. The minimum Gasteiger partial charge on any atom is -0.543 e. The van der Waals surface area contributed by atoms with Gasteiger partial charge in [0.15, 0.2) is 0 Å². The Morgan fingerprint density at radius 2 is 1.19 bits per heavy atom. The van der Waals surface area contributed by atoms with Gasteiger partial charge in [0, 0.05) is 5.39 Å². The fraction of sp³-hybridized carbons (Fsp3) is 0.667. The molecule has 2 aromatic carbocycles. The monoisotopic (exact) mass is 624 g/mol. The third-order valence-electron chi connectivity index (χ3n) is 10.8. The second kappa shape index (κ2) is 12.7. The fourth-order valence-electron chi connectivity index (χ4n) is 7.94. The van der Waals surface area contributed by atoms with E-state index in [9.17, 15) is 0 Å². The van der Waals surface area contributed by atoms with Crippen LogP contribution in [0.3, 0.4) is 0 Å². The molecule has 0 radical (unpaired) electrons. The van der Waals surface area contributed by atoms with Crippen molar-refractivity contribution in [1.29, 1.82) is 0 Å². The van der Waals surface area contributed by atoms with Crippen molar-refractivity contribution >= 4 is 39.7 Å². The van der Waals surface area contributed by atoms with E-state index in [0.29, 0.717) is 38.8 Å². The number of halogens is 1. The SMILES string of the molecule is CC(C)[Si](C#Cc1c(F)ccc2cc(O[Si](C(C)C)(C(C)C)C(C)C)cc(B3OC(C)(C)C(C)(C)O3)c12)(C(C)C)C(C)C. The summed E-state index contributed by atoms with van der Waals surface area (Å²) in [6.07, 6.45) is 0. The molecule has 0 unspecified atom stereocenters. The van der Waals surface area contributed by atoms with E-state index in [2.05, 4.69) is 134 Å². The molecule has 0 atom stereocenters. The van der Waals surface area contributed by atoms with Crippen LogP contribution >= 0.6 is 0 Å². The maximum Gasteiger partial charge on any atom is 0.495 e. The van der Waals surface area contributed by atoms with Crippen molar-refractivity contribution in [2.24, 2.45) is 0 Å². The lowest BCUT2D eigenvalue weighted by atomic mass is 9.75. The Morgan fingerprint density at radius 3 is 1.60 bits per heavy atom. The largest absolute Gasteiger partial charge is 0.543 e. The van der Waals surface area contributed by atoms with Gasteiger partial charge in [-0.3, -0.25) is 0 Å². The number of fused-ring (bicyclic) bond motifs is 1. The third-order valence-corrected chi connectivity index (χ3v) is 23.1. The van der Waals surface area contributed by atoms with Gasteiger partial charge in [0.05, 0.1) is 16.8 Å². The molecule has 0 saturated carbocycles. The normalized spacial score (nSPS) is 17.2. The van der Waals surface area contributed by atoms with E-state index < -0.39 is 34.7 Å². The zero-order valence-corrected chi connectivity index (χ0v) is 32.0. The average molecular weight is 625 g/mol. The van der Waals surface area contributed by atoms with Crippen LogP contribution in [-0.2, 0) is 9.31 Å². The van der Waals surface area contributed by atoms with Crippen molar-refractivity contribution in [3.8, 4) is 17.2 Å². The molecule has 0 spiro atoms. The lowest BCUT2D eigenvalue weighted by Gasteiger charge is -2.42. The van der Waals surface area contributed by atoms with E-state index in [0.717, 1.165) is 22.0 Å². The molecule has 2 aromatic rings. The summed E-state index contributed by atoms with van der Waals surface area (Å²) in [5.41, 5.74) is 6.51. The van der Waals surface area contributed by atoms with Crippen LogP contribution in [0.2, 0.25) is 33.2 Å². The maximum absolute atomic E-state index is 16.0. The molecule has 3 rings (SSSR count). The first-order valence-corrected chi connectivity index (χ1v) is 20.9. The molecule has 0 N–H and O–H groups in total. The van der Waals surface area contributed by atoms with Crippen LogP contribution in [-0.4, -0.2) is 34.7 Å². The molecule has 0 aromatic heterocycles. The van der Waals surface area contributed by atoms with E-state index in [4.69, 9.17) is 13.7 Å². The van der Waals surface area contributed by atoms with E-state index in [-0.39, 0.29) is 5.82 Å². The van der Waals surface area contributed by atoms with Crippen molar-refractivity contribution < 1.29 is 18.1 Å². The summed E-state index contributed by atoms with van der Waals surface area (Å²) in [5, 5.41) is 1.67. The first-order valence-electron chi connectivity index (χ1n) is 16.5. The molecule has 3 nitrogen and oxygen atoms in total. The smallest absolute Gasteiger partial charge is 0.495 e. The molecule has 1 aliphatic rings. The summed E-state index contributed by atoms with van der Waals surface area (Å²) in [6.45, 7) is 35.7. The Balaban J connectivity index is 2.41. The maximum atomic E-state index is 16.0. The van der Waals surface area contributed by atoms with Gasteiger partial charge >= 0.3 is 7.12 Å². The van der Waals surface area contributed by atoms with Gasteiger partial charge in [-0.05, 0) is 90.0 Å². The zero-order valence-electron chi connectivity index (χ0n) is 30.0. The minimum atomic E-state index is -2.26. The van der Waals surface area contributed by atoms with Crippen molar-refractivity contribution in [2.75, 3.05) is 0 Å². The first kappa shape index (κ1) is 35.9. The zero-order chi connectivity index (χ0) is 32.9. The molecule has 7 heteroatoms. The van der Waals surface area contributed by atoms with Crippen LogP contribution in [0.4, 0.5) is 4.39 Å². The fourth-order valence-corrected chi connectivity index (χ4v) is 18.4. The number of hydrogen-bond donors (Lipinski definition) is 0. The summed E-state index contributed by atoms with van der Waals surface area (Å²) >= 11 is 0. The van der Waals surface area contributed by atoms with Gasteiger partial charge in [-0.15, -0.1) is 5.54 Å². The summed E-state index contributed by atoms with van der Waals surface area (Å²) in [6, 6.07) is 7.56. The molecule has 1 fully saturated rings. The highest BCUT2D eigenvalue weighted by Gasteiger charge is 2.53. The predicted octanol–water partition coefficient (Wildman–Crippen LogP) is 10.4. The van der Waals surface area contributed by atoms with Crippen molar-refractivity contribution in [1.82, 2.24) is 0 Å². The van der Waals surface area contributed by atoms with Crippen molar-refractivity contribution in [3.63, 3.8) is 0 Å². The molecule has 1 aliphatic heterocycles. The van der Waals surface area contributed by atoms with Gasteiger partial charge in [-0.25, -0.2) is 4.39 Å². The molecular weight excluding hydrogens is 566 g/mol. The Labute approximate surface area is 265 Å². The average Bonchev–Trinajstić information content (AvgIpc) is 3.08. The Kier molecular flexibility index (Phi) is 10.6. The van der Waals surface area contributed by atoms with Crippen molar-refractivity contribution in [2.45, 2.75) is 155 Å². The highest BCUT2D eigenvalue weighted by Crippen LogP contribution is 2.44. The molecule has 1 saturated heterocycles. The molecule has 0 aliphatic carbocycles. The van der Waals surface area contributed by atoms with Crippen LogP contribution in [0, 0.1) is 17.3 Å². The number of benzene rings is 2. The lowest BCUT2D eigenvalue weighted by molar-refractivity contribution is 0.00578. The standard InChI is InChI=1S/C36H58BFO3Si2/c1-23(2)42(24(3)4,25(5)6)20-19-31-33(38)18-17-29-21-30(39-43(26(7)8,27(9)10)28(11)12)22-32(34(29)31)37-40-35(13,14)36(15,16)41-37/h17-18,21-28H,1-16H3. The van der Waals surface area contributed by atoms with Crippen LogP contribution < -0.4 is 9.89 Å². The van der Waals surface area contributed by atoms with Crippen LogP contribution in [0.15, 0.2) is 24.3 Å². The second-order valence-electron chi connectivity index (χ2n) is 15.7. The van der Waals surface area contributed by atoms with E-state index >= 15 is 4.39 Å². The van der Waals surface area contributed by atoms with E-state index in [1.165, 1.54) is 0 Å². The summed E-state index contributed by atoms with van der Waals surface area (Å²) in [5.74, 6) is 3.96. The lowest BCUT2D eigenvalue weighted by Crippen LogP contribution is -2.51. The van der Waals surface area contributed by atoms with Crippen LogP contribution in [0.5, 0.6) is 5.75 Å². The third kappa shape index (κ3) is 6.28. The molecule has 0 amide bonds. The molecular formula is C36H58BFO3Si2. The highest BCUT2D eigenvalue weighted by atomic mass is 28.4. The number of hydrogen-bond acceptors (Lipinski definition) is 3. The Morgan fingerprint density at radius 1 is 0.721 bits per heavy atom. The van der Waals surface area contributed by atoms with Gasteiger partial charge < -0.3 is 13.7 Å². The summed E-state index contributed by atoms with van der Waals surface area (Å²) in [4.78, 5) is 0. The van der Waals surface area contributed by atoms with Gasteiger partial charge in [0.25, 0.3) is 8.32 Å².